The zero-order chi connectivity index (χ0) is 22.2. The van der Waals surface area contributed by atoms with Crippen LogP contribution in [0, 0.1) is 0 Å². The van der Waals surface area contributed by atoms with Gasteiger partial charge in [-0.25, -0.2) is 9.78 Å². The Kier molecular flexibility index (Phi) is 6.48. The second-order valence-corrected chi connectivity index (χ2v) is 6.86. The van der Waals surface area contributed by atoms with E-state index >= 15 is 0 Å². The van der Waals surface area contributed by atoms with Gasteiger partial charge in [0.05, 0.1) is 11.9 Å². The van der Waals surface area contributed by atoms with E-state index in [1.165, 1.54) is 12.3 Å². The molecule has 32 heavy (non-hydrogen) atoms. The lowest BCUT2D eigenvalue weighted by atomic mass is 10.1. The fourth-order valence-electron chi connectivity index (χ4n) is 3.06. The normalized spacial score (nSPS) is 10.2. The zero-order valence-electron chi connectivity index (χ0n) is 17.1. The number of carbonyl (C=O) groups is 2. The lowest BCUT2D eigenvalue weighted by molar-refractivity contribution is 0.102. The Morgan fingerprint density at radius 3 is 2.38 bits per heavy atom. The summed E-state index contributed by atoms with van der Waals surface area (Å²) in [4.78, 5) is 33.1. The van der Waals surface area contributed by atoms with E-state index in [9.17, 15) is 9.59 Å². The van der Waals surface area contributed by atoms with Gasteiger partial charge in [-0.2, -0.15) is 0 Å². The highest BCUT2D eigenvalue weighted by Crippen LogP contribution is 2.27. The molecule has 0 saturated carbocycles. The number of hydrogen-bond donors (Lipinski definition) is 2. The molecular formula is C25H20N4O3. The zero-order valence-corrected chi connectivity index (χ0v) is 17.1. The highest BCUT2D eigenvalue weighted by molar-refractivity contribution is 6.06. The van der Waals surface area contributed by atoms with Gasteiger partial charge in [0.15, 0.2) is 0 Å². The molecule has 0 aliphatic rings. The maximum absolute atomic E-state index is 12.8. The number of ether oxygens (including phenoxy) is 1. The van der Waals surface area contributed by atoms with Gasteiger partial charge in [-0.3, -0.25) is 15.1 Å². The summed E-state index contributed by atoms with van der Waals surface area (Å²) < 4.78 is 5.19. The summed E-state index contributed by atoms with van der Waals surface area (Å²) in [5, 5.41) is 5.42. The van der Waals surface area contributed by atoms with Gasteiger partial charge in [0, 0.05) is 23.5 Å². The fourth-order valence-corrected chi connectivity index (χ4v) is 3.06. The number of amides is 2. The summed E-state index contributed by atoms with van der Waals surface area (Å²) in [6.45, 7) is 0.135. The number of pyridine rings is 2. The van der Waals surface area contributed by atoms with Crippen LogP contribution in [0.1, 0.15) is 15.9 Å². The van der Waals surface area contributed by atoms with Crippen LogP contribution in [0.3, 0.4) is 0 Å². The van der Waals surface area contributed by atoms with Crippen molar-refractivity contribution in [1.82, 2.24) is 9.97 Å². The van der Waals surface area contributed by atoms with Gasteiger partial charge in [0.1, 0.15) is 12.4 Å². The van der Waals surface area contributed by atoms with Gasteiger partial charge in [0.2, 0.25) is 0 Å². The van der Waals surface area contributed by atoms with Crippen molar-refractivity contribution in [2.75, 3.05) is 10.6 Å². The van der Waals surface area contributed by atoms with E-state index in [0.29, 0.717) is 11.3 Å². The lowest BCUT2D eigenvalue weighted by Crippen LogP contribution is -2.16. The molecule has 0 radical (unpaired) electrons. The minimum Gasteiger partial charge on any atom is -0.444 e. The molecular weight excluding hydrogens is 404 g/mol. The standard InChI is InChI=1S/C25H20N4O3/c30-24(28-22-16-26-13-12-21(22)19-9-5-2-6-10-19)20-11-14-27-23(15-20)29-25(31)32-17-18-7-3-1-4-8-18/h1-16H,17H2,(H,28,30)(H,27,29,31). The van der Waals surface area contributed by atoms with Crippen LogP contribution in [-0.2, 0) is 11.3 Å². The van der Waals surface area contributed by atoms with E-state index in [2.05, 4.69) is 20.6 Å². The molecule has 7 nitrogen and oxygen atoms in total. The first-order valence-electron chi connectivity index (χ1n) is 9.93. The van der Waals surface area contributed by atoms with E-state index in [1.807, 2.05) is 66.7 Å². The summed E-state index contributed by atoms with van der Waals surface area (Å²) >= 11 is 0. The van der Waals surface area contributed by atoms with E-state index in [-0.39, 0.29) is 18.3 Å². The second kappa shape index (κ2) is 9.99. The fraction of sp³-hybridized carbons (Fsp3) is 0.0400. The highest BCUT2D eigenvalue weighted by atomic mass is 16.5. The Morgan fingerprint density at radius 2 is 1.59 bits per heavy atom. The average Bonchev–Trinajstić information content (AvgIpc) is 2.84. The number of anilines is 2. The highest BCUT2D eigenvalue weighted by Gasteiger charge is 2.13. The maximum Gasteiger partial charge on any atom is 0.413 e. The Bertz CT molecular complexity index is 1210. The third kappa shape index (κ3) is 5.34. The van der Waals surface area contributed by atoms with E-state index in [0.717, 1.165) is 16.7 Å². The van der Waals surface area contributed by atoms with Crippen LogP contribution in [0.5, 0.6) is 0 Å². The molecule has 0 atom stereocenters. The Balaban J connectivity index is 1.42. The second-order valence-electron chi connectivity index (χ2n) is 6.86. The van der Waals surface area contributed by atoms with Gasteiger partial charge in [0.25, 0.3) is 5.91 Å². The van der Waals surface area contributed by atoms with Crippen molar-refractivity contribution >= 4 is 23.5 Å². The Hall–Kier alpha value is -4.52. The molecule has 158 valence electrons. The minimum absolute atomic E-state index is 0.135. The predicted octanol–water partition coefficient (Wildman–Crippen LogP) is 5.14. The number of aromatic nitrogens is 2. The summed E-state index contributed by atoms with van der Waals surface area (Å²) in [5.41, 5.74) is 3.60. The average molecular weight is 424 g/mol. The quantitative estimate of drug-likeness (QED) is 0.447. The van der Waals surface area contributed by atoms with Gasteiger partial charge in [-0.05, 0) is 29.3 Å². The third-order valence-electron chi connectivity index (χ3n) is 4.62. The van der Waals surface area contributed by atoms with Gasteiger partial charge < -0.3 is 10.1 Å². The molecule has 2 N–H and O–H groups in total. The van der Waals surface area contributed by atoms with Crippen molar-refractivity contribution in [3.8, 4) is 11.1 Å². The maximum atomic E-state index is 12.8. The molecule has 7 heteroatoms. The Labute approximate surface area is 185 Å². The first kappa shape index (κ1) is 20.7. The van der Waals surface area contributed by atoms with Crippen molar-refractivity contribution in [1.29, 1.82) is 0 Å². The van der Waals surface area contributed by atoms with E-state index in [1.54, 1.807) is 18.5 Å². The minimum atomic E-state index is -0.655. The molecule has 4 aromatic rings. The van der Waals surface area contributed by atoms with E-state index in [4.69, 9.17) is 4.74 Å². The van der Waals surface area contributed by atoms with Gasteiger partial charge in [-0.15, -0.1) is 0 Å². The summed E-state index contributed by atoms with van der Waals surface area (Å²) in [5.74, 6) is -0.136. The SMILES string of the molecule is O=C(Nc1cc(C(=O)Nc2cnccc2-c2ccccc2)ccn1)OCc1ccccc1. The molecule has 2 amide bonds. The molecule has 0 aliphatic heterocycles. The summed E-state index contributed by atoms with van der Waals surface area (Å²) in [6, 6.07) is 23.9. The monoisotopic (exact) mass is 424 g/mol. The molecule has 0 spiro atoms. The number of nitrogens with zero attached hydrogens (tertiary/aromatic N) is 2. The topological polar surface area (TPSA) is 93.2 Å². The van der Waals surface area contributed by atoms with Crippen LogP contribution in [0.25, 0.3) is 11.1 Å². The smallest absolute Gasteiger partial charge is 0.413 e. The van der Waals surface area contributed by atoms with Gasteiger partial charge in [-0.1, -0.05) is 60.7 Å². The first-order chi connectivity index (χ1) is 15.7. The molecule has 0 fully saturated rings. The predicted molar refractivity (Wildman–Crippen MR) is 122 cm³/mol. The molecule has 2 aromatic carbocycles. The number of carbonyl (C=O) groups excluding carboxylic acids is 2. The Morgan fingerprint density at radius 1 is 0.844 bits per heavy atom. The van der Waals surface area contributed by atoms with Crippen LogP contribution in [0.15, 0.2) is 97.5 Å². The molecule has 2 heterocycles. The number of nitrogens with one attached hydrogen (secondary N) is 2. The van der Waals surface area contributed by atoms with Crippen LogP contribution < -0.4 is 10.6 Å². The molecule has 0 bridgehead atoms. The van der Waals surface area contributed by atoms with Crippen molar-refractivity contribution in [2.45, 2.75) is 6.61 Å². The van der Waals surface area contributed by atoms with Crippen molar-refractivity contribution < 1.29 is 14.3 Å². The first-order valence-corrected chi connectivity index (χ1v) is 9.93. The number of rotatable bonds is 6. The number of benzene rings is 2. The molecule has 2 aromatic heterocycles. The molecule has 0 unspecified atom stereocenters. The van der Waals surface area contributed by atoms with Crippen molar-refractivity contribution in [3.63, 3.8) is 0 Å². The molecule has 0 saturated heterocycles. The van der Waals surface area contributed by atoms with Crippen LogP contribution in [0.2, 0.25) is 0 Å². The molecule has 0 aliphatic carbocycles. The van der Waals surface area contributed by atoms with E-state index < -0.39 is 6.09 Å². The number of hydrogen-bond acceptors (Lipinski definition) is 5. The molecule has 4 rings (SSSR count). The van der Waals surface area contributed by atoms with Crippen LogP contribution in [0.4, 0.5) is 16.3 Å². The van der Waals surface area contributed by atoms with Crippen molar-refractivity contribution in [3.05, 3.63) is 109 Å². The van der Waals surface area contributed by atoms with Crippen LogP contribution >= 0.6 is 0 Å². The summed E-state index contributed by atoms with van der Waals surface area (Å²) in [7, 11) is 0. The lowest BCUT2D eigenvalue weighted by Gasteiger charge is -2.11. The van der Waals surface area contributed by atoms with Crippen molar-refractivity contribution in [2.24, 2.45) is 0 Å². The largest absolute Gasteiger partial charge is 0.444 e. The third-order valence-corrected chi connectivity index (χ3v) is 4.62. The van der Waals surface area contributed by atoms with Crippen LogP contribution in [-0.4, -0.2) is 22.0 Å². The van der Waals surface area contributed by atoms with Gasteiger partial charge >= 0.3 is 6.09 Å². The summed E-state index contributed by atoms with van der Waals surface area (Å²) in [6.07, 6.45) is 4.07.